The molecule has 0 spiro atoms. The summed E-state index contributed by atoms with van der Waals surface area (Å²) in [6.07, 6.45) is 7.25. The summed E-state index contributed by atoms with van der Waals surface area (Å²) < 4.78 is 0. The van der Waals surface area contributed by atoms with Crippen LogP contribution in [-0.2, 0) is 96.1 Å². The second-order valence-corrected chi connectivity index (χ2v) is 31.4. The van der Waals surface area contributed by atoms with Gasteiger partial charge in [0, 0.05) is 154 Å². The van der Waals surface area contributed by atoms with Gasteiger partial charge >= 0.3 is 0 Å². The van der Waals surface area contributed by atoms with Crippen LogP contribution in [0.4, 0.5) is 0 Å². The van der Waals surface area contributed by atoms with Gasteiger partial charge in [-0.1, -0.05) is 125 Å². The fraction of sp³-hybridized carbons (Fsp3) is 0.407. The Morgan fingerprint density at radius 1 is 0.456 bits per heavy atom. The first-order valence-electron chi connectivity index (χ1n) is 38.4. The number of benzene rings is 4. The molecule has 4 aromatic carbocycles. The van der Waals surface area contributed by atoms with E-state index in [1.54, 1.807) is 85.3 Å². The number of ketones is 4. The summed E-state index contributed by atoms with van der Waals surface area (Å²) in [5.41, 5.74) is 16.2. The molecule has 2 bridgehead atoms. The second kappa shape index (κ2) is 42.8. The summed E-state index contributed by atoms with van der Waals surface area (Å²) in [5.74, 6) is -12.4. The van der Waals surface area contributed by atoms with Crippen LogP contribution in [0.2, 0.25) is 0 Å². The molecule has 114 heavy (non-hydrogen) atoms. The lowest BCUT2D eigenvalue weighted by Gasteiger charge is -2.27. The number of nitrogens with zero attached hydrogens (tertiary/aromatic N) is 2. The van der Waals surface area contributed by atoms with Crippen molar-refractivity contribution in [1.29, 1.82) is 10.8 Å². The molecule has 602 valence electrons. The molecule has 2 fully saturated rings. The Hall–Kier alpha value is -11.7. The van der Waals surface area contributed by atoms with Crippen molar-refractivity contribution >= 4 is 126 Å². The molecule has 8 amide bonds. The van der Waals surface area contributed by atoms with E-state index in [4.69, 9.17) is 22.3 Å². The lowest BCUT2D eigenvalue weighted by Crippen LogP contribution is -2.59. The Bertz CT molecular complexity index is 4360. The predicted molar refractivity (Wildman–Crippen MR) is 433 cm³/mol. The Morgan fingerprint density at radius 3 is 1.59 bits per heavy atom. The minimum atomic E-state index is -1.49. The zero-order valence-corrected chi connectivity index (χ0v) is 64.8. The predicted octanol–water partition coefficient (Wildman–Crippen LogP) is 4.39. The number of carbonyl (C=O) groups is 12. The maximum Gasteiger partial charge on any atom is 0.243 e. The maximum atomic E-state index is 15.7. The average Bonchev–Trinajstić information content (AvgIpc) is 1.74. The van der Waals surface area contributed by atoms with Crippen molar-refractivity contribution in [2.75, 3.05) is 24.6 Å². The average molecular weight is 1590 g/mol. The van der Waals surface area contributed by atoms with Gasteiger partial charge in [-0.15, -0.1) is 0 Å². The van der Waals surface area contributed by atoms with Crippen LogP contribution in [0, 0.1) is 28.6 Å². The van der Waals surface area contributed by atoms with E-state index in [9.17, 15) is 19.2 Å². The van der Waals surface area contributed by atoms with Gasteiger partial charge in [-0.25, -0.2) is 9.97 Å². The number of unbranched alkanes of at least 4 members (excludes halogenated alkanes) is 1. The van der Waals surface area contributed by atoms with Crippen LogP contribution >= 0.6 is 21.6 Å². The van der Waals surface area contributed by atoms with E-state index < -0.39 is 143 Å². The van der Waals surface area contributed by atoms with E-state index in [1.165, 1.54) is 18.9 Å². The van der Waals surface area contributed by atoms with Crippen molar-refractivity contribution in [3.8, 4) is 0 Å². The van der Waals surface area contributed by atoms with Crippen molar-refractivity contribution in [3.63, 3.8) is 0 Å². The van der Waals surface area contributed by atoms with Crippen LogP contribution in [0.3, 0.4) is 0 Å². The third kappa shape index (κ3) is 25.9. The normalized spacial score (nSPS) is 22.6. The van der Waals surface area contributed by atoms with Crippen LogP contribution in [0.25, 0.3) is 21.8 Å². The number of Topliss-reactive ketones (excluding diaryl/α,β-unsaturated/α-hetero) is 4. The van der Waals surface area contributed by atoms with Crippen molar-refractivity contribution < 1.29 is 57.5 Å². The number of amides is 8. The molecular weight excluding hydrogens is 1500 g/mol. The molecule has 33 heteroatoms. The van der Waals surface area contributed by atoms with Gasteiger partial charge < -0.3 is 79.3 Å². The van der Waals surface area contributed by atoms with E-state index in [-0.39, 0.29) is 139 Å². The summed E-state index contributed by atoms with van der Waals surface area (Å²) in [6, 6.07) is 22.5. The molecule has 8 aromatic rings. The van der Waals surface area contributed by atoms with Crippen LogP contribution in [0.5, 0.6) is 0 Å². The van der Waals surface area contributed by atoms with Crippen LogP contribution in [0.15, 0.2) is 147 Å². The van der Waals surface area contributed by atoms with Gasteiger partial charge in [-0.3, -0.25) is 68.4 Å². The highest BCUT2D eigenvalue weighted by Crippen LogP contribution is 2.31. The zero-order chi connectivity index (χ0) is 80.9. The molecule has 0 aliphatic carbocycles. The summed E-state index contributed by atoms with van der Waals surface area (Å²) in [6.45, 7) is -0.181. The molecule has 0 radical (unpaired) electrons. The first-order valence-corrected chi connectivity index (χ1v) is 40.9. The van der Waals surface area contributed by atoms with Crippen LogP contribution < -0.4 is 59.3 Å². The molecule has 10 rings (SSSR count). The molecule has 2 aliphatic heterocycles. The SMILES string of the molecule is N=C(N)CCCC[C@@H]1NC(=O)[C@@H](Cc2ccccc2)NC(=O)[C@H](Cc2c[nH]cn2)NC(=O)CCCC(=O)[C@@H]2CSSC[C@H](CC(=O)[C@H](Cc3c[nH]c4ccccc34)CC1=O)C(=O)NCCC(=O)C[C@@H](Cc1c[nH]cn1)C(=O)N[C@H](Cc1ccccc1)C(=O)N[C@@H](CCCNC(=N)N)C(=O)N[C@@H](Cc1c[nH]c3ccccc13)C(=O)N2. The van der Waals surface area contributed by atoms with E-state index in [0.29, 0.717) is 51.0 Å². The van der Waals surface area contributed by atoms with E-state index in [0.717, 1.165) is 32.5 Å². The van der Waals surface area contributed by atoms with Crippen molar-refractivity contribution in [2.24, 2.45) is 29.2 Å². The number of H-pyrrole nitrogens is 4. The molecule has 2 saturated heterocycles. The molecule has 0 saturated carbocycles. The van der Waals surface area contributed by atoms with Crippen LogP contribution in [0.1, 0.15) is 117 Å². The number of fused-ring (bicyclic) bond motifs is 7. The Kier molecular flexibility index (Phi) is 31.8. The number of para-hydroxylation sites is 2. The summed E-state index contributed by atoms with van der Waals surface area (Å²) >= 11 is 0. The molecule has 31 nitrogen and oxygen atoms in total. The largest absolute Gasteiger partial charge is 0.388 e. The van der Waals surface area contributed by atoms with Crippen LogP contribution in [-0.4, -0.2) is 179 Å². The molecule has 4 aromatic heterocycles. The summed E-state index contributed by atoms with van der Waals surface area (Å²) in [4.78, 5) is 202. The monoisotopic (exact) mass is 1590 g/mol. The van der Waals surface area contributed by atoms with Gasteiger partial charge in [0.2, 0.25) is 47.3 Å². The Balaban J connectivity index is 1.05. The van der Waals surface area contributed by atoms with Gasteiger partial charge in [0.05, 0.1) is 53.8 Å². The van der Waals surface area contributed by atoms with Crippen molar-refractivity contribution in [1.82, 2.24) is 77.8 Å². The van der Waals surface area contributed by atoms with E-state index >= 15 is 38.4 Å². The highest BCUT2D eigenvalue weighted by Gasteiger charge is 2.38. The lowest BCUT2D eigenvalue weighted by molar-refractivity contribution is -0.135. The summed E-state index contributed by atoms with van der Waals surface area (Å²) in [5, 5.41) is 42.9. The fourth-order valence-electron chi connectivity index (χ4n) is 14.1. The highest BCUT2D eigenvalue weighted by atomic mass is 33.1. The molecule has 10 atom stereocenters. The van der Waals surface area contributed by atoms with Gasteiger partial charge in [-0.05, 0) is 72.9 Å². The number of imidazole rings is 2. The number of amidine groups is 1. The number of aromatic nitrogens is 6. The van der Waals surface area contributed by atoms with Crippen molar-refractivity contribution in [2.45, 2.75) is 164 Å². The van der Waals surface area contributed by atoms with Gasteiger partial charge in [-0.2, -0.15) is 0 Å². The number of nitrogens with two attached hydrogens (primary N) is 2. The number of guanidine groups is 1. The first-order chi connectivity index (χ1) is 55.1. The smallest absolute Gasteiger partial charge is 0.243 e. The fourth-order valence-corrected chi connectivity index (χ4v) is 16.6. The van der Waals surface area contributed by atoms with Gasteiger partial charge in [0.25, 0.3) is 0 Å². The standard InChI is InChI=1S/C81H99N19O12S2/c82-72(83)26-12-11-23-62-71(104)37-50(33-52-40-90-60-21-9-7-19-58(52)60)70(103)38-54-44-113-114-45-68(69(102)25-13-27-73(105)94-67(39-56-43-87-47-93-56)80(112)98-65(77(109)95-62)32-49-17-5-2-6-18-49)100-79(111)66(36-53-41-91-61-22-10-8-20-59(53)61)99-76(108)63(24-14-29-89-81(84)85)96-78(110)64(31-48-15-3-1-4-16-48)97-75(107)51(34-55-42-86-46-92-55)35-57(101)28-30-88-74(54)106/h1-10,15-22,40-43,46-47,50-51,54,62-68,90-91H,11-14,23-39,44-45H2,(H3,82,83)(H,86,92)(H,87,93)(H,88,106)(H,94,105)(H,95,109)(H,96,110)(H,97,107)(H,98,112)(H,99,108)(H,100,111)(H4,84,85,89)/t50-,51-,54+,62+,63+,64-,65-,66+,67+,68+/m1/s1. The molecule has 0 unspecified atom stereocenters. The topological polar surface area (TPSA) is 502 Å². The number of carbonyl (C=O) groups excluding carboxylic acids is 12. The molecule has 2 aliphatic rings. The number of rotatable bonds is 21. The number of hydrogen-bond acceptors (Lipinski definition) is 18. The minimum Gasteiger partial charge on any atom is -0.388 e. The maximum absolute atomic E-state index is 15.7. The molecule has 19 N–H and O–H groups in total. The van der Waals surface area contributed by atoms with E-state index in [1.807, 2.05) is 42.5 Å². The second-order valence-electron chi connectivity index (χ2n) is 28.9. The quantitative estimate of drug-likeness (QED) is 0.0205. The number of nitrogens with one attached hydrogen (secondary N) is 15. The van der Waals surface area contributed by atoms with Crippen molar-refractivity contribution in [3.05, 3.63) is 180 Å². The Labute approximate surface area is 666 Å². The summed E-state index contributed by atoms with van der Waals surface area (Å²) in [7, 11) is 2.18. The van der Waals surface area contributed by atoms with Gasteiger partial charge in [0.15, 0.2) is 17.5 Å². The number of hydrogen-bond donors (Lipinski definition) is 17. The minimum absolute atomic E-state index is 0.0185. The third-order valence-electron chi connectivity index (χ3n) is 20.2. The molecule has 6 heterocycles. The molecular formula is C81H99N19O12S2. The van der Waals surface area contributed by atoms with E-state index in [2.05, 4.69) is 77.8 Å². The third-order valence-corrected chi connectivity index (χ3v) is 22.7. The first kappa shape index (κ1) is 84.7. The Morgan fingerprint density at radius 2 is 0.982 bits per heavy atom. The van der Waals surface area contributed by atoms with Gasteiger partial charge in [0.1, 0.15) is 41.8 Å². The zero-order valence-electron chi connectivity index (χ0n) is 63.2. The lowest BCUT2D eigenvalue weighted by atomic mass is 9.84. The highest BCUT2D eigenvalue weighted by molar-refractivity contribution is 8.76. The number of aromatic amines is 4.